The Hall–Kier alpha value is -1.12. The standard InChI is InChI=1S/C15H25N3/c1-4-11(3)15-17-13(12-8-6-7-9-12)10-14(18-15)16-5-2/h10-12H,4-9H2,1-3H3,(H,16,17,18). The molecule has 1 N–H and O–H groups in total. The van der Waals surface area contributed by atoms with E-state index in [1.165, 1.54) is 31.4 Å². The maximum atomic E-state index is 4.82. The summed E-state index contributed by atoms with van der Waals surface area (Å²) in [5, 5.41) is 3.34. The van der Waals surface area contributed by atoms with Gasteiger partial charge < -0.3 is 5.32 Å². The number of aromatic nitrogens is 2. The van der Waals surface area contributed by atoms with Crippen LogP contribution in [0.25, 0.3) is 0 Å². The molecule has 1 unspecified atom stereocenters. The molecule has 1 aromatic rings. The van der Waals surface area contributed by atoms with Crippen LogP contribution >= 0.6 is 0 Å². The fourth-order valence-electron chi connectivity index (χ4n) is 2.59. The molecule has 0 spiro atoms. The van der Waals surface area contributed by atoms with Crippen molar-refractivity contribution >= 4 is 5.82 Å². The summed E-state index contributed by atoms with van der Waals surface area (Å²) in [5.41, 5.74) is 1.26. The van der Waals surface area contributed by atoms with Crippen LogP contribution in [-0.2, 0) is 0 Å². The lowest BCUT2D eigenvalue weighted by Crippen LogP contribution is -2.09. The first-order chi connectivity index (χ1) is 8.74. The van der Waals surface area contributed by atoms with Crippen molar-refractivity contribution in [1.82, 2.24) is 9.97 Å². The zero-order chi connectivity index (χ0) is 13.0. The van der Waals surface area contributed by atoms with E-state index >= 15 is 0 Å². The van der Waals surface area contributed by atoms with Gasteiger partial charge in [-0.05, 0) is 26.2 Å². The van der Waals surface area contributed by atoms with Crippen LogP contribution in [0.15, 0.2) is 6.07 Å². The molecule has 1 aliphatic rings. The number of hydrogen-bond donors (Lipinski definition) is 1. The number of anilines is 1. The second-order valence-electron chi connectivity index (χ2n) is 5.36. The fourth-order valence-corrected chi connectivity index (χ4v) is 2.59. The molecule has 0 bridgehead atoms. The quantitative estimate of drug-likeness (QED) is 0.852. The molecule has 0 aromatic carbocycles. The summed E-state index contributed by atoms with van der Waals surface area (Å²) in [6, 6.07) is 2.16. The van der Waals surface area contributed by atoms with Crippen LogP contribution in [0.2, 0.25) is 0 Å². The fraction of sp³-hybridized carbons (Fsp3) is 0.733. The van der Waals surface area contributed by atoms with Crippen LogP contribution in [0.5, 0.6) is 0 Å². The smallest absolute Gasteiger partial charge is 0.133 e. The van der Waals surface area contributed by atoms with E-state index in [1.807, 2.05) is 0 Å². The Labute approximate surface area is 110 Å². The Kier molecular flexibility index (Phi) is 4.56. The topological polar surface area (TPSA) is 37.8 Å². The van der Waals surface area contributed by atoms with E-state index in [-0.39, 0.29) is 0 Å². The number of rotatable bonds is 5. The molecule has 0 amide bonds. The minimum atomic E-state index is 0.448. The second kappa shape index (κ2) is 6.17. The molecular formula is C15H25N3. The van der Waals surface area contributed by atoms with Crippen molar-refractivity contribution in [2.45, 2.75) is 64.7 Å². The van der Waals surface area contributed by atoms with Crippen LogP contribution in [0, 0.1) is 0 Å². The lowest BCUT2D eigenvalue weighted by atomic mass is 10.0. The van der Waals surface area contributed by atoms with Crippen molar-refractivity contribution in [3.63, 3.8) is 0 Å². The molecule has 1 saturated carbocycles. The van der Waals surface area contributed by atoms with Gasteiger partial charge in [-0.15, -0.1) is 0 Å². The predicted molar refractivity (Wildman–Crippen MR) is 76.1 cm³/mol. The molecule has 2 rings (SSSR count). The molecule has 1 aliphatic carbocycles. The zero-order valence-electron chi connectivity index (χ0n) is 11.9. The van der Waals surface area contributed by atoms with Crippen LogP contribution in [0.1, 0.15) is 76.2 Å². The van der Waals surface area contributed by atoms with Gasteiger partial charge in [-0.1, -0.05) is 26.7 Å². The molecule has 100 valence electrons. The molecule has 3 nitrogen and oxygen atoms in total. The average molecular weight is 247 g/mol. The molecule has 0 aliphatic heterocycles. The van der Waals surface area contributed by atoms with E-state index in [1.54, 1.807) is 0 Å². The lowest BCUT2D eigenvalue weighted by Gasteiger charge is -2.15. The van der Waals surface area contributed by atoms with E-state index in [0.717, 1.165) is 24.6 Å². The summed E-state index contributed by atoms with van der Waals surface area (Å²) in [6.45, 7) is 7.44. The maximum Gasteiger partial charge on any atom is 0.133 e. The average Bonchev–Trinajstić information content (AvgIpc) is 2.91. The molecule has 1 heterocycles. The van der Waals surface area contributed by atoms with E-state index < -0.39 is 0 Å². The van der Waals surface area contributed by atoms with Gasteiger partial charge in [0.1, 0.15) is 11.6 Å². The highest BCUT2D eigenvalue weighted by Crippen LogP contribution is 2.34. The predicted octanol–water partition coefficient (Wildman–Crippen LogP) is 4.08. The van der Waals surface area contributed by atoms with Crippen molar-refractivity contribution in [2.75, 3.05) is 11.9 Å². The van der Waals surface area contributed by atoms with E-state index in [2.05, 4.69) is 37.1 Å². The van der Waals surface area contributed by atoms with Gasteiger partial charge in [0.2, 0.25) is 0 Å². The largest absolute Gasteiger partial charge is 0.370 e. The number of nitrogens with one attached hydrogen (secondary N) is 1. The van der Waals surface area contributed by atoms with Gasteiger partial charge in [0, 0.05) is 30.1 Å². The summed E-state index contributed by atoms with van der Waals surface area (Å²) in [5.74, 6) is 3.12. The van der Waals surface area contributed by atoms with E-state index in [9.17, 15) is 0 Å². The highest BCUT2D eigenvalue weighted by molar-refractivity contribution is 5.37. The van der Waals surface area contributed by atoms with Crippen molar-refractivity contribution in [3.05, 3.63) is 17.6 Å². The van der Waals surface area contributed by atoms with Gasteiger partial charge in [-0.3, -0.25) is 0 Å². The summed E-state index contributed by atoms with van der Waals surface area (Å²) in [6.07, 6.45) is 6.39. The van der Waals surface area contributed by atoms with Crippen LogP contribution in [0.4, 0.5) is 5.82 Å². The summed E-state index contributed by atoms with van der Waals surface area (Å²) >= 11 is 0. The van der Waals surface area contributed by atoms with E-state index in [0.29, 0.717) is 11.8 Å². The normalized spacial score (nSPS) is 17.9. The molecule has 3 heteroatoms. The maximum absolute atomic E-state index is 4.82. The first-order valence-corrected chi connectivity index (χ1v) is 7.37. The zero-order valence-corrected chi connectivity index (χ0v) is 11.9. The lowest BCUT2D eigenvalue weighted by molar-refractivity contribution is 0.640. The Morgan fingerprint density at radius 1 is 1.28 bits per heavy atom. The molecule has 0 radical (unpaired) electrons. The van der Waals surface area contributed by atoms with Crippen molar-refractivity contribution < 1.29 is 0 Å². The summed E-state index contributed by atoms with van der Waals surface area (Å²) < 4.78 is 0. The first-order valence-electron chi connectivity index (χ1n) is 7.37. The Morgan fingerprint density at radius 2 is 2.00 bits per heavy atom. The second-order valence-corrected chi connectivity index (χ2v) is 5.36. The van der Waals surface area contributed by atoms with Gasteiger partial charge in [-0.2, -0.15) is 0 Å². The van der Waals surface area contributed by atoms with Gasteiger partial charge in [0.15, 0.2) is 0 Å². The Balaban J connectivity index is 2.29. The minimum Gasteiger partial charge on any atom is -0.370 e. The SMILES string of the molecule is CCNc1cc(C2CCCC2)nc(C(C)CC)n1. The van der Waals surface area contributed by atoms with Crippen LogP contribution in [-0.4, -0.2) is 16.5 Å². The Morgan fingerprint density at radius 3 is 2.61 bits per heavy atom. The van der Waals surface area contributed by atoms with Gasteiger partial charge in [0.05, 0.1) is 0 Å². The van der Waals surface area contributed by atoms with Crippen LogP contribution in [0.3, 0.4) is 0 Å². The van der Waals surface area contributed by atoms with Crippen molar-refractivity contribution in [3.8, 4) is 0 Å². The molecule has 1 fully saturated rings. The highest BCUT2D eigenvalue weighted by Gasteiger charge is 2.20. The van der Waals surface area contributed by atoms with Gasteiger partial charge in [0.25, 0.3) is 0 Å². The van der Waals surface area contributed by atoms with Crippen molar-refractivity contribution in [2.24, 2.45) is 0 Å². The number of nitrogens with zero attached hydrogens (tertiary/aromatic N) is 2. The van der Waals surface area contributed by atoms with Crippen molar-refractivity contribution in [1.29, 1.82) is 0 Å². The summed E-state index contributed by atoms with van der Waals surface area (Å²) in [7, 11) is 0. The molecule has 18 heavy (non-hydrogen) atoms. The third-order valence-corrected chi connectivity index (χ3v) is 3.95. The monoisotopic (exact) mass is 247 g/mol. The molecule has 1 atom stereocenters. The Bertz CT molecular complexity index is 383. The first kappa shape index (κ1) is 13.3. The minimum absolute atomic E-state index is 0.448. The van der Waals surface area contributed by atoms with Crippen LogP contribution < -0.4 is 5.32 Å². The molecule has 0 saturated heterocycles. The molecular weight excluding hydrogens is 222 g/mol. The summed E-state index contributed by atoms with van der Waals surface area (Å²) in [4.78, 5) is 9.46. The highest BCUT2D eigenvalue weighted by atomic mass is 15.0. The van der Waals surface area contributed by atoms with E-state index in [4.69, 9.17) is 4.98 Å². The van der Waals surface area contributed by atoms with Gasteiger partial charge in [-0.25, -0.2) is 9.97 Å². The third kappa shape index (κ3) is 3.01. The van der Waals surface area contributed by atoms with Gasteiger partial charge >= 0.3 is 0 Å². The number of hydrogen-bond acceptors (Lipinski definition) is 3. The third-order valence-electron chi connectivity index (χ3n) is 3.95. The molecule has 1 aromatic heterocycles.